The largest absolute Gasteiger partial charge is 0.330 e. The maximum Gasteiger partial charge on any atom is -0.00460 e. The third-order valence-electron chi connectivity index (χ3n) is 4.30. The van der Waals surface area contributed by atoms with Crippen LogP contribution in [0.5, 0.6) is 0 Å². The van der Waals surface area contributed by atoms with Crippen LogP contribution in [0.2, 0.25) is 0 Å². The Labute approximate surface area is 69.4 Å². The quantitative estimate of drug-likeness (QED) is 0.612. The zero-order valence-corrected chi connectivity index (χ0v) is 7.64. The molecule has 11 heavy (non-hydrogen) atoms. The number of hydrogen-bond donors (Lipinski definition) is 1. The average molecular weight is 153 g/mol. The first-order chi connectivity index (χ1) is 5.16. The van der Waals surface area contributed by atoms with Crippen LogP contribution in [-0.4, -0.2) is 6.54 Å². The lowest BCUT2D eigenvalue weighted by Crippen LogP contribution is -2.53. The molecule has 0 aromatic carbocycles. The highest BCUT2D eigenvalue weighted by Crippen LogP contribution is 2.60. The van der Waals surface area contributed by atoms with Gasteiger partial charge in [0.1, 0.15) is 0 Å². The molecule has 64 valence electrons. The molecular formula is C10H19N. The van der Waals surface area contributed by atoms with E-state index in [-0.39, 0.29) is 0 Å². The molecule has 3 rings (SSSR count). The first-order valence-electron chi connectivity index (χ1n) is 4.86. The monoisotopic (exact) mass is 153 g/mol. The van der Waals surface area contributed by atoms with Crippen LogP contribution in [0.15, 0.2) is 0 Å². The Morgan fingerprint density at radius 1 is 1.36 bits per heavy atom. The third kappa shape index (κ3) is 0.868. The summed E-state index contributed by atoms with van der Waals surface area (Å²) in [5, 5.41) is 0. The van der Waals surface area contributed by atoms with Crippen LogP contribution in [0.25, 0.3) is 0 Å². The molecule has 0 aromatic heterocycles. The van der Waals surface area contributed by atoms with E-state index in [1.165, 1.54) is 19.3 Å². The topological polar surface area (TPSA) is 26.0 Å². The molecule has 1 heteroatoms. The first kappa shape index (κ1) is 7.60. The molecule has 3 atom stereocenters. The van der Waals surface area contributed by atoms with Crippen molar-refractivity contribution in [1.82, 2.24) is 0 Å². The van der Waals surface area contributed by atoms with E-state index in [0.29, 0.717) is 5.41 Å². The van der Waals surface area contributed by atoms with Crippen LogP contribution in [0.3, 0.4) is 0 Å². The zero-order chi connectivity index (χ0) is 8.06. The van der Waals surface area contributed by atoms with Crippen molar-refractivity contribution in [2.75, 3.05) is 6.54 Å². The molecule has 0 spiro atoms. The Balaban J connectivity index is 2.10. The molecule has 2 unspecified atom stereocenters. The molecule has 0 amide bonds. The van der Waals surface area contributed by atoms with Gasteiger partial charge >= 0.3 is 0 Å². The third-order valence-corrected chi connectivity index (χ3v) is 4.30. The minimum absolute atomic E-state index is 0.627. The van der Waals surface area contributed by atoms with Crippen molar-refractivity contribution in [2.45, 2.75) is 33.1 Å². The molecule has 3 aliphatic carbocycles. The molecule has 2 bridgehead atoms. The Bertz CT molecular complexity index is 160. The fourth-order valence-corrected chi connectivity index (χ4v) is 3.24. The Hall–Kier alpha value is -0.0400. The first-order valence-corrected chi connectivity index (χ1v) is 4.86. The predicted molar refractivity (Wildman–Crippen MR) is 47.2 cm³/mol. The summed E-state index contributed by atoms with van der Waals surface area (Å²) < 4.78 is 0. The van der Waals surface area contributed by atoms with E-state index >= 15 is 0 Å². The van der Waals surface area contributed by atoms with Gasteiger partial charge in [0.15, 0.2) is 0 Å². The van der Waals surface area contributed by atoms with E-state index in [9.17, 15) is 0 Å². The predicted octanol–water partition coefficient (Wildman–Crippen LogP) is 2.02. The molecule has 1 nitrogen and oxygen atoms in total. The fraction of sp³-hybridized carbons (Fsp3) is 1.00. The summed E-state index contributed by atoms with van der Waals surface area (Å²) in [5.41, 5.74) is 6.37. The Morgan fingerprint density at radius 2 is 2.09 bits per heavy atom. The number of rotatable bonds is 1. The second-order valence-corrected chi connectivity index (χ2v) is 4.93. The maximum atomic E-state index is 5.74. The molecule has 3 fully saturated rings. The number of nitrogens with two attached hydrogens (primary N) is 1. The minimum Gasteiger partial charge on any atom is -0.330 e. The van der Waals surface area contributed by atoms with Gasteiger partial charge in [-0.15, -0.1) is 0 Å². The van der Waals surface area contributed by atoms with E-state index in [1.807, 2.05) is 0 Å². The molecule has 0 aromatic rings. The maximum absolute atomic E-state index is 5.74. The van der Waals surface area contributed by atoms with Gasteiger partial charge in [-0.05, 0) is 49.0 Å². The van der Waals surface area contributed by atoms with Crippen LogP contribution >= 0.6 is 0 Å². The van der Waals surface area contributed by atoms with Gasteiger partial charge in [0, 0.05) is 0 Å². The van der Waals surface area contributed by atoms with E-state index in [1.54, 1.807) is 0 Å². The molecule has 0 aliphatic heterocycles. The molecule has 0 heterocycles. The van der Waals surface area contributed by atoms with E-state index in [2.05, 4.69) is 13.8 Å². The highest BCUT2D eigenvalue weighted by Gasteiger charge is 2.53. The van der Waals surface area contributed by atoms with Crippen LogP contribution in [0.4, 0.5) is 0 Å². The van der Waals surface area contributed by atoms with Crippen molar-refractivity contribution in [3.63, 3.8) is 0 Å². The van der Waals surface area contributed by atoms with Gasteiger partial charge in [-0.3, -0.25) is 0 Å². The van der Waals surface area contributed by atoms with Gasteiger partial charge in [0.25, 0.3) is 0 Å². The van der Waals surface area contributed by atoms with Gasteiger partial charge in [-0.2, -0.15) is 0 Å². The summed E-state index contributed by atoms with van der Waals surface area (Å²) in [6.07, 6.45) is 4.30. The second kappa shape index (κ2) is 2.22. The molecule has 3 saturated carbocycles. The smallest absolute Gasteiger partial charge is 0.00460 e. The van der Waals surface area contributed by atoms with Crippen LogP contribution in [0.1, 0.15) is 33.1 Å². The second-order valence-electron chi connectivity index (χ2n) is 4.93. The lowest BCUT2D eigenvalue weighted by molar-refractivity contribution is -0.101. The van der Waals surface area contributed by atoms with Gasteiger partial charge in [-0.25, -0.2) is 0 Å². The van der Waals surface area contributed by atoms with E-state index in [0.717, 1.165) is 24.3 Å². The van der Waals surface area contributed by atoms with Crippen molar-refractivity contribution >= 4 is 0 Å². The summed E-state index contributed by atoms with van der Waals surface area (Å²) >= 11 is 0. The number of fused-ring (bicyclic) bond motifs is 2. The summed E-state index contributed by atoms with van der Waals surface area (Å²) in [6.45, 7) is 5.77. The van der Waals surface area contributed by atoms with Crippen LogP contribution < -0.4 is 5.73 Å². The molecule has 3 aliphatic rings. The lowest BCUT2D eigenvalue weighted by atomic mass is 9.45. The van der Waals surface area contributed by atoms with Crippen molar-refractivity contribution in [3.8, 4) is 0 Å². The zero-order valence-electron chi connectivity index (χ0n) is 7.64. The SMILES string of the molecule is CC1(C)C2CCC(CN)[C@H]1C2. The molecular weight excluding hydrogens is 134 g/mol. The summed E-state index contributed by atoms with van der Waals surface area (Å²) in [5.74, 6) is 2.82. The minimum atomic E-state index is 0.627. The number of hydrogen-bond acceptors (Lipinski definition) is 1. The summed E-state index contributed by atoms with van der Waals surface area (Å²) in [7, 11) is 0. The normalized spacial score (nSPS) is 46.6. The van der Waals surface area contributed by atoms with Crippen molar-refractivity contribution in [1.29, 1.82) is 0 Å². The van der Waals surface area contributed by atoms with Crippen molar-refractivity contribution < 1.29 is 0 Å². The van der Waals surface area contributed by atoms with Gasteiger partial charge in [0.05, 0.1) is 0 Å². The van der Waals surface area contributed by atoms with E-state index in [4.69, 9.17) is 5.73 Å². The summed E-state index contributed by atoms with van der Waals surface area (Å²) in [4.78, 5) is 0. The fourth-order valence-electron chi connectivity index (χ4n) is 3.24. The standard InChI is InChI=1S/C10H19N/c1-10(2)8-4-3-7(6-11)9(10)5-8/h7-9H,3-6,11H2,1-2H3/t7?,8?,9-/m1/s1. The van der Waals surface area contributed by atoms with Crippen molar-refractivity contribution in [2.24, 2.45) is 28.9 Å². The van der Waals surface area contributed by atoms with Crippen LogP contribution in [-0.2, 0) is 0 Å². The van der Waals surface area contributed by atoms with Gasteiger partial charge in [-0.1, -0.05) is 13.8 Å². The average Bonchev–Trinajstić information content (AvgIpc) is 2.04. The molecule has 2 N–H and O–H groups in total. The molecule has 0 radical (unpaired) electrons. The highest BCUT2D eigenvalue weighted by molar-refractivity contribution is 5.03. The van der Waals surface area contributed by atoms with Crippen molar-refractivity contribution in [3.05, 3.63) is 0 Å². The lowest BCUT2D eigenvalue weighted by Gasteiger charge is -2.60. The summed E-state index contributed by atoms with van der Waals surface area (Å²) in [6, 6.07) is 0. The van der Waals surface area contributed by atoms with E-state index < -0.39 is 0 Å². The van der Waals surface area contributed by atoms with Gasteiger partial charge in [0.2, 0.25) is 0 Å². The molecule has 0 saturated heterocycles. The van der Waals surface area contributed by atoms with Crippen LogP contribution in [0, 0.1) is 23.2 Å². The Kier molecular flexibility index (Phi) is 1.54. The highest BCUT2D eigenvalue weighted by atomic mass is 14.6. The Morgan fingerprint density at radius 3 is 2.45 bits per heavy atom. The van der Waals surface area contributed by atoms with Gasteiger partial charge < -0.3 is 5.73 Å².